The minimum Gasteiger partial charge on any atom is -0.497 e. The van der Waals surface area contributed by atoms with Crippen molar-refractivity contribution in [2.24, 2.45) is 0 Å². The van der Waals surface area contributed by atoms with E-state index in [4.69, 9.17) is 4.74 Å². The van der Waals surface area contributed by atoms with Crippen LogP contribution < -0.4 is 10.1 Å². The Hall–Kier alpha value is -2.10. The number of rotatable bonds is 5. The van der Waals surface area contributed by atoms with Crippen LogP contribution in [0.2, 0.25) is 0 Å². The van der Waals surface area contributed by atoms with E-state index in [1.54, 1.807) is 7.11 Å². The van der Waals surface area contributed by atoms with Crippen molar-refractivity contribution in [1.29, 1.82) is 0 Å². The van der Waals surface area contributed by atoms with E-state index in [1.807, 2.05) is 31.2 Å². The molecular formula is C16H20N2O2. The predicted octanol–water partition coefficient (Wildman–Crippen LogP) is 3.08. The average molecular weight is 272 g/mol. The number of pyridine rings is 1. The zero-order chi connectivity index (χ0) is 14.5. The average Bonchev–Trinajstić information content (AvgIpc) is 2.46. The van der Waals surface area contributed by atoms with Gasteiger partial charge in [0.2, 0.25) is 0 Å². The summed E-state index contributed by atoms with van der Waals surface area (Å²) in [5.74, 6) is 0.702. The van der Waals surface area contributed by atoms with E-state index in [1.165, 1.54) is 0 Å². The molecule has 0 bridgehead atoms. The highest BCUT2D eigenvalue weighted by Crippen LogP contribution is 2.21. The maximum atomic E-state index is 12.2. The van der Waals surface area contributed by atoms with E-state index in [9.17, 15) is 4.79 Å². The molecule has 0 fully saturated rings. The summed E-state index contributed by atoms with van der Waals surface area (Å²) in [7, 11) is 1.63. The fraction of sp³-hybridized carbons (Fsp3) is 0.375. The lowest BCUT2D eigenvalue weighted by molar-refractivity contribution is 0.0952. The van der Waals surface area contributed by atoms with Gasteiger partial charge in [-0.1, -0.05) is 13.3 Å². The van der Waals surface area contributed by atoms with Gasteiger partial charge in [-0.15, -0.1) is 0 Å². The van der Waals surface area contributed by atoms with Crippen LogP contribution in [0.5, 0.6) is 5.75 Å². The highest BCUT2D eigenvalue weighted by atomic mass is 16.5. The first-order chi connectivity index (χ1) is 9.65. The summed E-state index contributed by atoms with van der Waals surface area (Å²) in [6, 6.07) is 7.54. The van der Waals surface area contributed by atoms with Crippen LogP contribution in [0.3, 0.4) is 0 Å². The Morgan fingerprint density at radius 2 is 2.15 bits per heavy atom. The molecule has 0 saturated carbocycles. The molecule has 4 heteroatoms. The molecule has 0 atom stereocenters. The zero-order valence-electron chi connectivity index (χ0n) is 12.2. The molecule has 1 amide bonds. The second-order valence-electron chi connectivity index (χ2n) is 4.79. The van der Waals surface area contributed by atoms with Crippen molar-refractivity contribution in [1.82, 2.24) is 10.3 Å². The largest absolute Gasteiger partial charge is 0.497 e. The SMILES string of the molecule is CCCCNC(=O)c1cc2cc(OC)ccc2nc1C. The number of nitrogens with one attached hydrogen (secondary N) is 1. The van der Waals surface area contributed by atoms with Crippen molar-refractivity contribution in [3.8, 4) is 5.75 Å². The number of methoxy groups -OCH3 is 1. The molecule has 0 aliphatic rings. The number of carbonyl (C=O) groups is 1. The van der Waals surface area contributed by atoms with E-state index in [0.29, 0.717) is 12.1 Å². The van der Waals surface area contributed by atoms with Crippen LogP contribution in [0.15, 0.2) is 24.3 Å². The maximum absolute atomic E-state index is 12.2. The fourth-order valence-corrected chi connectivity index (χ4v) is 2.08. The van der Waals surface area contributed by atoms with Gasteiger partial charge in [0.1, 0.15) is 5.75 Å². The van der Waals surface area contributed by atoms with Crippen LogP contribution in [-0.2, 0) is 0 Å². The first-order valence-corrected chi connectivity index (χ1v) is 6.89. The Kier molecular flexibility index (Phi) is 4.56. The predicted molar refractivity (Wildman–Crippen MR) is 80.3 cm³/mol. The highest BCUT2D eigenvalue weighted by molar-refractivity contribution is 5.98. The molecule has 0 unspecified atom stereocenters. The Balaban J connectivity index is 2.32. The van der Waals surface area contributed by atoms with Gasteiger partial charge in [0.25, 0.3) is 5.91 Å². The number of nitrogens with zero attached hydrogens (tertiary/aromatic N) is 1. The van der Waals surface area contributed by atoms with Crippen molar-refractivity contribution in [3.05, 3.63) is 35.5 Å². The van der Waals surface area contributed by atoms with Crippen LogP contribution >= 0.6 is 0 Å². The topological polar surface area (TPSA) is 51.2 Å². The summed E-state index contributed by atoms with van der Waals surface area (Å²) < 4.78 is 5.20. The smallest absolute Gasteiger partial charge is 0.253 e. The summed E-state index contributed by atoms with van der Waals surface area (Å²) in [5.41, 5.74) is 2.24. The van der Waals surface area contributed by atoms with Gasteiger partial charge in [0.05, 0.1) is 23.9 Å². The molecule has 1 aromatic heterocycles. The molecule has 4 nitrogen and oxygen atoms in total. The van der Waals surface area contributed by atoms with Gasteiger partial charge in [0.15, 0.2) is 0 Å². The minimum atomic E-state index is -0.0619. The van der Waals surface area contributed by atoms with Crippen LogP contribution in [0.25, 0.3) is 10.9 Å². The van der Waals surface area contributed by atoms with Crippen LogP contribution in [0, 0.1) is 6.92 Å². The van der Waals surface area contributed by atoms with E-state index < -0.39 is 0 Å². The van der Waals surface area contributed by atoms with Crippen molar-refractivity contribution in [2.75, 3.05) is 13.7 Å². The number of hydrogen-bond acceptors (Lipinski definition) is 3. The molecule has 1 heterocycles. The number of benzene rings is 1. The van der Waals surface area contributed by atoms with E-state index in [2.05, 4.69) is 17.2 Å². The molecule has 1 N–H and O–H groups in total. The monoisotopic (exact) mass is 272 g/mol. The Labute approximate surface area is 119 Å². The van der Waals surface area contributed by atoms with Gasteiger partial charge in [-0.25, -0.2) is 0 Å². The molecule has 106 valence electrons. The lowest BCUT2D eigenvalue weighted by Gasteiger charge is -2.09. The first kappa shape index (κ1) is 14.3. The van der Waals surface area contributed by atoms with Crippen molar-refractivity contribution < 1.29 is 9.53 Å². The number of unbranched alkanes of at least 4 members (excludes halogenated alkanes) is 1. The number of aryl methyl sites for hydroxylation is 1. The molecule has 0 radical (unpaired) electrons. The number of aromatic nitrogens is 1. The molecule has 2 rings (SSSR count). The van der Waals surface area contributed by atoms with Crippen molar-refractivity contribution >= 4 is 16.8 Å². The number of fused-ring (bicyclic) bond motifs is 1. The fourth-order valence-electron chi connectivity index (χ4n) is 2.08. The Bertz CT molecular complexity index is 623. The molecule has 2 aromatic rings. The van der Waals surface area contributed by atoms with Crippen molar-refractivity contribution in [3.63, 3.8) is 0 Å². The quantitative estimate of drug-likeness (QED) is 0.851. The molecular weight excluding hydrogens is 252 g/mol. The van der Waals surface area contributed by atoms with Gasteiger partial charge in [-0.05, 0) is 37.6 Å². The summed E-state index contributed by atoms with van der Waals surface area (Å²) in [6.45, 7) is 4.66. The molecule has 1 aromatic carbocycles. The van der Waals surface area contributed by atoms with E-state index in [0.717, 1.165) is 35.2 Å². The Morgan fingerprint density at radius 1 is 1.35 bits per heavy atom. The second kappa shape index (κ2) is 6.37. The highest BCUT2D eigenvalue weighted by Gasteiger charge is 2.11. The summed E-state index contributed by atoms with van der Waals surface area (Å²) in [4.78, 5) is 16.6. The standard InChI is InChI=1S/C16H20N2O2/c1-4-5-8-17-16(19)14-10-12-9-13(20-3)6-7-15(12)18-11(14)2/h6-7,9-10H,4-5,8H2,1-3H3,(H,17,19). The third kappa shape index (κ3) is 3.07. The van der Waals surface area contributed by atoms with Gasteiger partial charge >= 0.3 is 0 Å². The summed E-state index contributed by atoms with van der Waals surface area (Å²) >= 11 is 0. The number of ether oxygens (including phenoxy) is 1. The lowest BCUT2D eigenvalue weighted by Crippen LogP contribution is -2.25. The molecule has 20 heavy (non-hydrogen) atoms. The molecule has 0 spiro atoms. The van der Waals surface area contributed by atoms with Gasteiger partial charge < -0.3 is 10.1 Å². The van der Waals surface area contributed by atoms with Crippen LogP contribution in [0.4, 0.5) is 0 Å². The van der Waals surface area contributed by atoms with Gasteiger partial charge in [0, 0.05) is 11.9 Å². The first-order valence-electron chi connectivity index (χ1n) is 6.89. The van der Waals surface area contributed by atoms with Crippen LogP contribution in [0.1, 0.15) is 35.8 Å². The van der Waals surface area contributed by atoms with Crippen LogP contribution in [-0.4, -0.2) is 24.5 Å². The zero-order valence-corrected chi connectivity index (χ0v) is 12.2. The summed E-state index contributed by atoms with van der Waals surface area (Å²) in [6.07, 6.45) is 2.05. The number of amides is 1. The minimum absolute atomic E-state index is 0.0619. The van der Waals surface area contributed by atoms with Gasteiger partial charge in [-0.3, -0.25) is 9.78 Å². The van der Waals surface area contributed by atoms with E-state index in [-0.39, 0.29) is 5.91 Å². The Morgan fingerprint density at radius 3 is 2.85 bits per heavy atom. The van der Waals surface area contributed by atoms with Gasteiger partial charge in [-0.2, -0.15) is 0 Å². The third-order valence-electron chi connectivity index (χ3n) is 3.27. The normalized spacial score (nSPS) is 10.6. The maximum Gasteiger partial charge on any atom is 0.253 e. The number of hydrogen-bond donors (Lipinski definition) is 1. The lowest BCUT2D eigenvalue weighted by atomic mass is 10.1. The van der Waals surface area contributed by atoms with E-state index >= 15 is 0 Å². The number of carbonyl (C=O) groups excluding carboxylic acids is 1. The molecule has 0 saturated heterocycles. The van der Waals surface area contributed by atoms with Crippen molar-refractivity contribution in [2.45, 2.75) is 26.7 Å². The summed E-state index contributed by atoms with van der Waals surface area (Å²) in [5, 5.41) is 3.84. The molecule has 0 aliphatic heterocycles. The second-order valence-corrected chi connectivity index (χ2v) is 4.79. The molecule has 0 aliphatic carbocycles. The third-order valence-corrected chi connectivity index (χ3v) is 3.27.